The van der Waals surface area contributed by atoms with Gasteiger partial charge in [0.05, 0.1) is 0 Å². The van der Waals surface area contributed by atoms with E-state index in [0.717, 1.165) is 0 Å². The van der Waals surface area contributed by atoms with Crippen LogP contribution in [0.3, 0.4) is 0 Å². The lowest BCUT2D eigenvalue weighted by molar-refractivity contribution is 0.254. The van der Waals surface area contributed by atoms with Gasteiger partial charge in [0.1, 0.15) is 0 Å². The summed E-state index contributed by atoms with van der Waals surface area (Å²) in [5, 5.41) is 0. The molecule has 5 N–H and O–H groups in total. The third-order valence-corrected chi connectivity index (χ3v) is 0.608. The van der Waals surface area contributed by atoms with Gasteiger partial charge in [0.2, 0.25) is 0 Å². The Morgan fingerprint density at radius 2 is 1.82 bits per heavy atom. The molecule has 0 spiro atoms. The molecule has 0 fully saturated rings. The second-order valence-corrected chi connectivity index (χ2v) is 2.63. The van der Waals surface area contributed by atoms with Crippen molar-refractivity contribution in [2.75, 3.05) is 6.26 Å². The molecule has 0 aromatic heterocycles. The van der Waals surface area contributed by atoms with E-state index in [1.54, 1.807) is 6.26 Å². The van der Waals surface area contributed by atoms with Crippen molar-refractivity contribution in [3.05, 3.63) is 0 Å². The van der Waals surface area contributed by atoms with Crippen LogP contribution < -0.4 is 10.5 Å². The Labute approximate surface area is 68.1 Å². The first kappa shape index (κ1) is 13.1. The first-order valence-corrected chi connectivity index (χ1v) is 4.68. The first-order valence-electron chi connectivity index (χ1n) is 2.05. The van der Waals surface area contributed by atoms with Gasteiger partial charge < -0.3 is 5.73 Å². The van der Waals surface area contributed by atoms with E-state index in [1.807, 2.05) is 0 Å². The zero-order chi connectivity index (χ0) is 9.49. The maximum absolute atomic E-state index is 9.69. The van der Waals surface area contributed by atoms with Gasteiger partial charge in [-0.05, 0) is 0 Å². The molecular formula is C2H8N2O5S2. The van der Waals surface area contributed by atoms with Crippen LogP contribution in [0.25, 0.3) is 0 Å². The Morgan fingerprint density at radius 1 is 1.55 bits per heavy atom. The van der Waals surface area contributed by atoms with Gasteiger partial charge in [-0.1, -0.05) is 11.9 Å². The summed E-state index contributed by atoms with van der Waals surface area (Å²) in [5.74, 6) is 0. The molecule has 0 bridgehead atoms. The highest BCUT2D eigenvalue weighted by molar-refractivity contribution is 7.97. The fourth-order valence-electron chi connectivity index (χ4n) is 0.101. The smallest absolute Gasteiger partial charge is 0.351 e. The maximum Gasteiger partial charge on any atom is 0.394 e. The minimum absolute atomic E-state index is 0.498. The fraction of sp³-hybridized carbons (Fsp3) is 0.500. The number of nitrogens with one attached hydrogen (secondary N) is 1. The number of amides is 2. The lowest BCUT2D eigenvalue weighted by atomic mass is 11.2. The van der Waals surface area contributed by atoms with Gasteiger partial charge in [-0.2, -0.15) is 8.42 Å². The highest BCUT2D eigenvalue weighted by Crippen LogP contribution is 1.76. The number of nitrogens with two attached hydrogens (primary N) is 1. The van der Waals surface area contributed by atoms with Crippen LogP contribution in [0.15, 0.2) is 0 Å². The average Bonchev–Trinajstić information content (AvgIpc) is 1.58. The second kappa shape index (κ2) is 6.22. The van der Waals surface area contributed by atoms with Gasteiger partial charge in [0.15, 0.2) is 0 Å². The van der Waals surface area contributed by atoms with E-state index < -0.39 is 16.4 Å². The minimum atomic E-state index is -4.67. The summed E-state index contributed by atoms with van der Waals surface area (Å²) >= 11 is 1.19. The highest BCUT2D eigenvalue weighted by Gasteiger charge is 1.84. The van der Waals surface area contributed by atoms with Crippen LogP contribution in [0.4, 0.5) is 4.79 Å². The molecule has 0 aliphatic heterocycles. The molecule has 0 aromatic carbocycles. The SMILES string of the molecule is CSNC(N)=O.O=S(=O)(O)O. The van der Waals surface area contributed by atoms with Crippen LogP contribution in [-0.4, -0.2) is 29.8 Å². The molecule has 0 saturated carbocycles. The van der Waals surface area contributed by atoms with Crippen LogP contribution >= 0.6 is 11.9 Å². The summed E-state index contributed by atoms with van der Waals surface area (Å²) in [6.07, 6.45) is 1.73. The topological polar surface area (TPSA) is 130 Å². The molecule has 9 heteroatoms. The van der Waals surface area contributed by atoms with Crippen molar-refractivity contribution in [1.82, 2.24) is 4.72 Å². The van der Waals surface area contributed by atoms with Crippen LogP contribution in [0.2, 0.25) is 0 Å². The predicted octanol–water partition coefficient (Wildman–Crippen LogP) is -0.720. The molecule has 2 amide bonds. The van der Waals surface area contributed by atoms with E-state index in [1.165, 1.54) is 11.9 Å². The van der Waals surface area contributed by atoms with Crippen LogP contribution in [0, 0.1) is 0 Å². The summed E-state index contributed by atoms with van der Waals surface area (Å²) < 4.78 is 33.8. The van der Waals surface area contributed by atoms with Crippen molar-refractivity contribution < 1.29 is 22.3 Å². The third kappa shape index (κ3) is 85.9. The van der Waals surface area contributed by atoms with Crippen molar-refractivity contribution in [3.8, 4) is 0 Å². The van der Waals surface area contributed by atoms with Gasteiger partial charge in [-0.3, -0.25) is 13.8 Å². The molecule has 0 heterocycles. The Balaban J connectivity index is 0. The van der Waals surface area contributed by atoms with E-state index in [2.05, 4.69) is 10.5 Å². The van der Waals surface area contributed by atoms with Crippen molar-refractivity contribution in [2.24, 2.45) is 5.73 Å². The number of carbonyl (C=O) groups is 1. The third-order valence-electron chi connectivity index (χ3n) is 0.203. The summed E-state index contributed by atoms with van der Waals surface area (Å²) in [6, 6.07) is -0.498. The number of urea groups is 1. The van der Waals surface area contributed by atoms with Gasteiger partial charge in [0, 0.05) is 6.26 Å². The van der Waals surface area contributed by atoms with Gasteiger partial charge in [-0.15, -0.1) is 0 Å². The molecule has 0 radical (unpaired) electrons. The first-order chi connectivity index (χ1) is 4.77. The van der Waals surface area contributed by atoms with E-state index >= 15 is 0 Å². The molecule has 68 valence electrons. The minimum Gasteiger partial charge on any atom is -0.351 e. The molecule has 7 nitrogen and oxygen atoms in total. The van der Waals surface area contributed by atoms with E-state index in [-0.39, 0.29) is 0 Å². The predicted molar refractivity (Wildman–Crippen MR) is 40.4 cm³/mol. The number of carbonyl (C=O) groups excluding carboxylic acids is 1. The van der Waals surface area contributed by atoms with Crippen molar-refractivity contribution in [2.45, 2.75) is 0 Å². The highest BCUT2D eigenvalue weighted by atomic mass is 32.3. The number of hydrogen-bond donors (Lipinski definition) is 4. The summed E-state index contributed by atoms with van der Waals surface area (Å²) in [7, 11) is -4.67. The van der Waals surface area contributed by atoms with Crippen LogP contribution in [0.1, 0.15) is 0 Å². The average molecular weight is 204 g/mol. The maximum atomic E-state index is 9.69. The Bertz CT molecular complexity index is 191. The van der Waals surface area contributed by atoms with Crippen molar-refractivity contribution in [3.63, 3.8) is 0 Å². The quantitative estimate of drug-likeness (QED) is 0.329. The van der Waals surface area contributed by atoms with Crippen molar-refractivity contribution >= 4 is 28.4 Å². The summed E-state index contributed by atoms with van der Waals surface area (Å²) in [6.45, 7) is 0. The van der Waals surface area contributed by atoms with Gasteiger partial charge in [-0.25, -0.2) is 4.79 Å². The number of primary amides is 1. The van der Waals surface area contributed by atoms with Gasteiger partial charge >= 0.3 is 16.4 Å². The summed E-state index contributed by atoms with van der Waals surface area (Å²) in [5.41, 5.74) is 4.63. The number of rotatable bonds is 1. The molecule has 0 atom stereocenters. The molecule has 0 aliphatic rings. The molecule has 11 heavy (non-hydrogen) atoms. The van der Waals surface area contributed by atoms with E-state index in [9.17, 15) is 4.79 Å². The lowest BCUT2D eigenvalue weighted by Gasteiger charge is -1.87. The van der Waals surface area contributed by atoms with Gasteiger partial charge in [0.25, 0.3) is 0 Å². The monoisotopic (exact) mass is 204 g/mol. The Hall–Kier alpha value is -0.510. The molecule has 0 rings (SSSR count). The van der Waals surface area contributed by atoms with Crippen LogP contribution in [-0.2, 0) is 10.4 Å². The lowest BCUT2D eigenvalue weighted by Crippen LogP contribution is -2.22. The standard InChI is InChI=1S/C2H6N2OS.H2O4S/c1-6-4-2(3)5;1-5(2,3)4/h1H3,(H3,3,4,5);(H2,1,2,3,4). The zero-order valence-electron chi connectivity index (χ0n) is 5.51. The summed E-state index contributed by atoms with van der Waals surface area (Å²) in [4.78, 5) is 9.69. The van der Waals surface area contributed by atoms with E-state index in [4.69, 9.17) is 17.5 Å². The van der Waals surface area contributed by atoms with E-state index in [0.29, 0.717) is 0 Å². The normalized spacial score (nSPS) is 9.36. The fourth-order valence-corrected chi connectivity index (χ4v) is 0.302. The zero-order valence-corrected chi connectivity index (χ0v) is 7.15. The van der Waals surface area contributed by atoms with Crippen molar-refractivity contribution in [1.29, 1.82) is 0 Å². The van der Waals surface area contributed by atoms with Crippen LogP contribution in [0.5, 0.6) is 0 Å². The number of hydrogen-bond acceptors (Lipinski definition) is 4. The Morgan fingerprint density at radius 3 is 1.82 bits per heavy atom. The molecule has 0 saturated heterocycles. The Kier molecular flexibility index (Phi) is 7.41. The molecule has 0 aliphatic carbocycles. The molecule has 0 unspecified atom stereocenters. The largest absolute Gasteiger partial charge is 0.394 e. The molecule has 0 aromatic rings. The second-order valence-electron chi connectivity index (χ2n) is 1.12. The molecular weight excluding hydrogens is 196 g/mol.